The van der Waals surface area contributed by atoms with Gasteiger partial charge in [0.25, 0.3) is 5.91 Å². The van der Waals surface area contributed by atoms with Gasteiger partial charge in [0.1, 0.15) is 5.52 Å². The molecule has 0 unspecified atom stereocenters. The summed E-state index contributed by atoms with van der Waals surface area (Å²) in [6, 6.07) is 7.30. The van der Waals surface area contributed by atoms with Crippen LogP contribution in [0.2, 0.25) is 0 Å². The van der Waals surface area contributed by atoms with E-state index < -0.39 is 0 Å². The van der Waals surface area contributed by atoms with Crippen molar-refractivity contribution in [3.05, 3.63) is 53.6 Å². The molecule has 8 nitrogen and oxygen atoms in total. The van der Waals surface area contributed by atoms with Crippen LogP contribution in [0.3, 0.4) is 0 Å². The lowest BCUT2D eigenvalue weighted by Crippen LogP contribution is -2.40. The van der Waals surface area contributed by atoms with Crippen LogP contribution in [-0.4, -0.2) is 43.0 Å². The van der Waals surface area contributed by atoms with Gasteiger partial charge in [0, 0.05) is 24.9 Å². The molecule has 1 aliphatic rings. The second-order valence-corrected chi connectivity index (χ2v) is 7.18. The second kappa shape index (κ2) is 7.38. The lowest BCUT2D eigenvalue weighted by molar-refractivity contribution is -0.136. The van der Waals surface area contributed by atoms with Gasteiger partial charge < -0.3 is 10.2 Å². The van der Waals surface area contributed by atoms with Gasteiger partial charge in [-0.1, -0.05) is 19.9 Å². The van der Waals surface area contributed by atoms with Gasteiger partial charge in [-0.15, -0.1) is 0 Å². The van der Waals surface area contributed by atoms with Crippen LogP contribution < -0.4 is 5.32 Å². The molecular weight excluding hydrogens is 356 g/mol. The quantitative estimate of drug-likeness (QED) is 0.747. The number of rotatable bonds is 4. The van der Waals surface area contributed by atoms with Crippen LogP contribution in [0.25, 0.3) is 11.0 Å². The summed E-state index contributed by atoms with van der Waals surface area (Å²) >= 11 is 0. The summed E-state index contributed by atoms with van der Waals surface area (Å²) in [4.78, 5) is 35.2. The van der Waals surface area contributed by atoms with E-state index in [2.05, 4.69) is 20.4 Å². The number of carbonyl (C=O) groups excluding carboxylic acids is 2. The SMILES string of the molecule is CC(C)C(=O)N1CCn2nc(CNC(=O)c3cccc4nccnc34)cc2C1. The smallest absolute Gasteiger partial charge is 0.253 e. The average molecular weight is 378 g/mol. The van der Waals surface area contributed by atoms with Crippen molar-refractivity contribution in [2.24, 2.45) is 5.92 Å². The molecule has 0 fully saturated rings. The zero-order valence-corrected chi connectivity index (χ0v) is 15.9. The molecule has 4 rings (SSSR count). The van der Waals surface area contributed by atoms with Crippen LogP contribution in [0.15, 0.2) is 36.7 Å². The van der Waals surface area contributed by atoms with Gasteiger partial charge in [0.2, 0.25) is 5.91 Å². The maximum atomic E-state index is 12.6. The molecule has 1 aromatic carbocycles. The summed E-state index contributed by atoms with van der Waals surface area (Å²) in [6.07, 6.45) is 3.18. The molecule has 2 aromatic heterocycles. The fraction of sp³-hybridized carbons (Fsp3) is 0.350. The Morgan fingerprint density at radius 3 is 2.82 bits per heavy atom. The van der Waals surface area contributed by atoms with E-state index in [4.69, 9.17) is 0 Å². The molecule has 144 valence electrons. The highest BCUT2D eigenvalue weighted by atomic mass is 16.2. The van der Waals surface area contributed by atoms with Crippen molar-refractivity contribution in [2.45, 2.75) is 33.5 Å². The first kappa shape index (κ1) is 18.1. The lowest BCUT2D eigenvalue weighted by Gasteiger charge is -2.29. The molecule has 1 N–H and O–H groups in total. The Morgan fingerprint density at radius 1 is 1.18 bits per heavy atom. The van der Waals surface area contributed by atoms with Crippen molar-refractivity contribution >= 4 is 22.8 Å². The van der Waals surface area contributed by atoms with E-state index in [1.54, 1.807) is 24.5 Å². The fourth-order valence-corrected chi connectivity index (χ4v) is 3.41. The first-order valence-electron chi connectivity index (χ1n) is 9.35. The second-order valence-electron chi connectivity index (χ2n) is 7.18. The van der Waals surface area contributed by atoms with Gasteiger partial charge in [0.05, 0.1) is 42.1 Å². The van der Waals surface area contributed by atoms with Gasteiger partial charge in [0.15, 0.2) is 0 Å². The van der Waals surface area contributed by atoms with Gasteiger partial charge in [-0.05, 0) is 18.2 Å². The van der Waals surface area contributed by atoms with Crippen LogP contribution >= 0.6 is 0 Å². The molecule has 0 aliphatic carbocycles. The van der Waals surface area contributed by atoms with E-state index in [1.165, 1.54) is 0 Å². The zero-order chi connectivity index (χ0) is 19.7. The number of hydrogen-bond donors (Lipinski definition) is 1. The van der Waals surface area contributed by atoms with Gasteiger partial charge in [-0.2, -0.15) is 5.10 Å². The minimum absolute atomic E-state index is 0.0166. The van der Waals surface area contributed by atoms with Crippen molar-refractivity contribution < 1.29 is 9.59 Å². The zero-order valence-electron chi connectivity index (χ0n) is 15.9. The van der Waals surface area contributed by atoms with E-state index in [0.717, 1.165) is 11.4 Å². The number of nitrogens with zero attached hydrogens (tertiary/aromatic N) is 5. The van der Waals surface area contributed by atoms with Crippen molar-refractivity contribution in [2.75, 3.05) is 6.54 Å². The number of fused-ring (bicyclic) bond motifs is 2. The normalized spacial score (nSPS) is 13.6. The first-order chi connectivity index (χ1) is 13.5. The molecule has 0 saturated carbocycles. The van der Waals surface area contributed by atoms with E-state index in [-0.39, 0.29) is 17.7 Å². The van der Waals surface area contributed by atoms with Crippen LogP contribution in [-0.2, 0) is 24.4 Å². The number of para-hydroxylation sites is 1. The average Bonchev–Trinajstić information content (AvgIpc) is 3.13. The molecule has 28 heavy (non-hydrogen) atoms. The Balaban J connectivity index is 1.45. The monoisotopic (exact) mass is 378 g/mol. The molecule has 1 aliphatic heterocycles. The summed E-state index contributed by atoms with van der Waals surface area (Å²) in [5.41, 5.74) is 3.51. The highest BCUT2D eigenvalue weighted by Crippen LogP contribution is 2.17. The van der Waals surface area contributed by atoms with Gasteiger partial charge in [-0.3, -0.25) is 24.2 Å². The number of carbonyl (C=O) groups is 2. The molecule has 8 heteroatoms. The summed E-state index contributed by atoms with van der Waals surface area (Å²) < 4.78 is 1.91. The molecule has 3 heterocycles. The van der Waals surface area contributed by atoms with Crippen molar-refractivity contribution in [1.29, 1.82) is 0 Å². The number of amides is 2. The molecule has 0 radical (unpaired) electrons. The molecule has 3 aromatic rings. The lowest BCUT2D eigenvalue weighted by atomic mass is 10.1. The minimum atomic E-state index is -0.214. The number of benzene rings is 1. The maximum absolute atomic E-state index is 12.6. The number of nitrogens with one attached hydrogen (secondary N) is 1. The number of hydrogen-bond acceptors (Lipinski definition) is 5. The molecule has 2 amide bonds. The van der Waals surface area contributed by atoms with E-state index in [1.807, 2.05) is 35.6 Å². The van der Waals surface area contributed by atoms with Crippen LogP contribution in [0.4, 0.5) is 0 Å². The Morgan fingerprint density at radius 2 is 2.00 bits per heavy atom. The fourth-order valence-electron chi connectivity index (χ4n) is 3.41. The van der Waals surface area contributed by atoms with Crippen LogP contribution in [0.1, 0.15) is 35.6 Å². The summed E-state index contributed by atoms with van der Waals surface area (Å²) in [6.45, 7) is 6.01. The first-order valence-corrected chi connectivity index (χ1v) is 9.35. The molecule has 0 atom stereocenters. The Bertz CT molecular complexity index is 1040. The van der Waals surface area contributed by atoms with Crippen LogP contribution in [0.5, 0.6) is 0 Å². The van der Waals surface area contributed by atoms with Gasteiger partial charge >= 0.3 is 0 Å². The molecule has 0 bridgehead atoms. The third kappa shape index (κ3) is 3.45. The summed E-state index contributed by atoms with van der Waals surface area (Å²) in [5, 5.41) is 7.46. The van der Waals surface area contributed by atoms with E-state index in [0.29, 0.717) is 42.8 Å². The summed E-state index contributed by atoms with van der Waals surface area (Å²) in [5.74, 6) is -0.0786. The number of aromatic nitrogens is 4. The van der Waals surface area contributed by atoms with E-state index in [9.17, 15) is 9.59 Å². The Labute approximate surface area is 162 Å². The highest BCUT2D eigenvalue weighted by molar-refractivity contribution is 6.04. The largest absolute Gasteiger partial charge is 0.346 e. The Hall–Kier alpha value is -3.29. The Kier molecular flexibility index (Phi) is 4.77. The maximum Gasteiger partial charge on any atom is 0.253 e. The van der Waals surface area contributed by atoms with Crippen molar-refractivity contribution in [1.82, 2.24) is 30.0 Å². The standard InChI is InChI=1S/C20H22N6O2/c1-13(2)20(28)25-8-9-26-15(12-25)10-14(24-26)11-23-19(27)16-4-3-5-17-18(16)22-7-6-21-17/h3-7,10,13H,8-9,11-12H2,1-2H3,(H,23,27). The van der Waals surface area contributed by atoms with Gasteiger partial charge in [-0.25, -0.2) is 0 Å². The predicted octanol–water partition coefficient (Wildman–Crippen LogP) is 1.75. The minimum Gasteiger partial charge on any atom is -0.346 e. The van der Waals surface area contributed by atoms with Crippen LogP contribution in [0, 0.1) is 5.92 Å². The third-order valence-electron chi connectivity index (χ3n) is 4.83. The summed E-state index contributed by atoms with van der Waals surface area (Å²) in [7, 11) is 0. The van der Waals surface area contributed by atoms with E-state index >= 15 is 0 Å². The highest BCUT2D eigenvalue weighted by Gasteiger charge is 2.24. The topological polar surface area (TPSA) is 93.0 Å². The van der Waals surface area contributed by atoms with Crippen molar-refractivity contribution in [3.8, 4) is 0 Å². The predicted molar refractivity (Wildman–Crippen MR) is 103 cm³/mol. The molecule has 0 saturated heterocycles. The third-order valence-corrected chi connectivity index (χ3v) is 4.83. The van der Waals surface area contributed by atoms with Crippen molar-refractivity contribution in [3.63, 3.8) is 0 Å². The molecular formula is C20H22N6O2. The molecule has 0 spiro atoms.